The van der Waals surface area contributed by atoms with E-state index in [1.807, 2.05) is 6.07 Å². The van der Waals surface area contributed by atoms with Gasteiger partial charge in [0.05, 0.1) is 17.4 Å². The summed E-state index contributed by atoms with van der Waals surface area (Å²) in [5, 5.41) is 1.61. The smallest absolute Gasteiger partial charge is 0.356 e. The molecule has 0 fully saturated rings. The Bertz CT molecular complexity index is 1080. The molecule has 3 aromatic rings. The number of rotatable bonds is 5. The molecule has 142 valence electrons. The Hall–Kier alpha value is -1.24. The van der Waals surface area contributed by atoms with Crippen LogP contribution in [0.5, 0.6) is 0 Å². The molecule has 0 saturated carbocycles. The summed E-state index contributed by atoms with van der Waals surface area (Å²) in [6.45, 7) is 1.87. The number of thiol groups is 1. The average molecular weight is 489 g/mol. The molecule has 9 heteroatoms. The second-order valence-electron chi connectivity index (χ2n) is 5.60. The maximum atomic E-state index is 14.1. The summed E-state index contributed by atoms with van der Waals surface area (Å²) < 4.78 is 26.9. The Morgan fingerprint density at radius 1 is 1.30 bits per heavy atom. The van der Waals surface area contributed by atoms with Crippen molar-refractivity contribution in [3.8, 4) is 0 Å². The van der Waals surface area contributed by atoms with Gasteiger partial charge in [-0.15, -0.1) is 0 Å². The van der Waals surface area contributed by atoms with Crippen LogP contribution in [0.4, 0.5) is 0 Å². The van der Waals surface area contributed by atoms with E-state index >= 15 is 0 Å². The third-order valence-electron chi connectivity index (χ3n) is 4.05. The highest BCUT2D eigenvalue weighted by Gasteiger charge is 2.38. The maximum Gasteiger partial charge on any atom is 0.356 e. The number of fused-ring (bicyclic) bond motifs is 1. The molecular formula is C18H16BrClNO4PS. The molecule has 0 aliphatic heterocycles. The quantitative estimate of drug-likeness (QED) is 0.318. The number of benzene rings is 2. The van der Waals surface area contributed by atoms with Gasteiger partial charge < -0.3 is 9.26 Å². The molecule has 1 unspecified atom stereocenters. The molecule has 0 bridgehead atoms. The summed E-state index contributed by atoms with van der Waals surface area (Å²) in [6, 6.07) is 12.0. The van der Waals surface area contributed by atoms with Crippen molar-refractivity contribution in [2.24, 2.45) is 0 Å². The van der Waals surface area contributed by atoms with E-state index in [4.69, 9.17) is 20.9 Å². The van der Waals surface area contributed by atoms with Crippen molar-refractivity contribution in [1.29, 1.82) is 0 Å². The van der Waals surface area contributed by atoms with Gasteiger partial charge in [-0.3, -0.25) is 8.54 Å². The SMILES string of the molecule is CCOC(=O)c1c(P(=O)(OC)c2cccc(Br)c2)c2cc(Cl)ccc2n1S. The number of hydrogen-bond donors (Lipinski definition) is 1. The number of nitrogens with zero attached hydrogens (tertiary/aromatic N) is 1. The Balaban J connectivity index is 2.43. The summed E-state index contributed by atoms with van der Waals surface area (Å²) >= 11 is 14.0. The zero-order chi connectivity index (χ0) is 19.8. The fourth-order valence-corrected chi connectivity index (χ4v) is 6.29. The maximum absolute atomic E-state index is 14.1. The molecule has 0 aliphatic carbocycles. The zero-order valence-electron chi connectivity index (χ0n) is 14.5. The number of halogens is 2. The van der Waals surface area contributed by atoms with Crippen LogP contribution in [0.15, 0.2) is 46.9 Å². The van der Waals surface area contributed by atoms with Crippen molar-refractivity contribution in [1.82, 2.24) is 3.97 Å². The highest BCUT2D eigenvalue weighted by atomic mass is 79.9. The molecule has 2 aromatic carbocycles. The van der Waals surface area contributed by atoms with Crippen LogP contribution in [0, 0.1) is 0 Å². The third-order valence-corrected chi connectivity index (χ3v) is 7.70. The number of aromatic nitrogens is 1. The molecule has 5 nitrogen and oxygen atoms in total. The molecule has 0 radical (unpaired) electrons. The average Bonchev–Trinajstić information content (AvgIpc) is 2.93. The first-order valence-corrected chi connectivity index (χ1v) is 11.2. The summed E-state index contributed by atoms with van der Waals surface area (Å²) in [4.78, 5) is 12.7. The van der Waals surface area contributed by atoms with E-state index < -0.39 is 13.3 Å². The van der Waals surface area contributed by atoms with Crippen molar-refractivity contribution >= 4 is 75.2 Å². The van der Waals surface area contributed by atoms with Gasteiger partial charge in [0.2, 0.25) is 0 Å². The van der Waals surface area contributed by atoms with Gasteiger partial charge in [-0.2, -0.15) is 0 Å². The lowest BCUT2D eigenvalue weighted by atomic mass is 10.2. The lowest BCUT2D eigenvalue weighted by Crippen LogP contribution is -2.24. The molecular weight excluding hydrogens is 473 g/mol. The number of carbonyl (C=O) groups excluding carboxylic acids is 1. The molecule has 0 saturated heterocycles. The van der Waals surface area contributed by atoms with Crippen LogP contribution in [0.25, 0.3) is 10.9 Å². The van der Waals surface area contributed by atoms with E-state index in [1.165, 1.54) is 11.1 Å². The molecule has 1 aromatic heterocycles. The van der Waals surface area contributed by atoms with Crippen molar-refractivity contribution in [2.45, 2.75) is 6.92 Å². The van der Waals surface area contributed by atoms with E-state index in [0.717, 1.165) is 4.47 Å². The molecule has 3 rings (SSSR count). The first-order chi connectivity index (χ1) is 12.8. The molecule has 1 atom stereocenters. The van der Waals surface area contributed by atoms with Gasteiger partial charge in [0, 0.05) is 27.3 Å². The standard InChI is InChI=1S/C18H16BrClNO4PS/c1-3-25-18(22)16-17(14-10-12(20)7-8-15(14)21(16)27)26(23,24-2)13-6-4-5-11(19)9-13/h4-10,27H,3H2,1-2H3. The molecule has 1 heterocycles. The minimum atomic E-state index is -3.65. The van der Waals surface area contributed by atoms with Crippen LogP contribution in [0.3, 0.4) is 0 Å². The molecule has 0 N–H and O–H groups in total. The lowest BCUT2D eigenvalue weighted by molar-refractivity contribution is 0.0520. The normalized spacial score (nSPS) is 13.5. The second-order valence-corrected chi connectivity index (χ2v) is 9.79. The van der Waals surface area contributed by atoms with E-state index in [-0.39, 0.29) is 17.6 Å². The molecule has 27 heavy (non-hydrogen) atoms. The van der Waals surface area contributed by atoms with Crippen molar-refractivity contribution in [3.05, 3.63) is 57.7 Å². The predicted octanol–water partition coefficient (Wildman–Crippen LogP) is 4.80. The van der Waals surface area contributed by atoms with Crippen molar-refractivity contribution in [2.75, 3.05) is 13.7 Å². The summed E-state index contributed by atoms with van der Waals surface area (Å²) in [7, 11) is -2.30. The van der Waals surface area contributed by atoms with Gasteiger partial charge >= 0.3 is 5.97 Å². The Labute approximate surface area is 175 Å². The van der Waals surface area contributed by atoms with Crippen molar-refractivity contribution < 1.29 is 18.6 Å². The Morgan fingerprint density at radius 2 is 2.04 bits per heavy atom. The van der Waals surface area contributed by atoms with E-state index in [2.05, 4.69) is 28.7 Å². The van der Waals surface area contributed by atoms with Crippen LogP contribution in [0.2, 0.25) is 5.02 Å². The van der Waals surface area contributed by atoms with Crippen LogP contribution in [-0.4, -0.2) is 23.7 Å². The van der Waals surface area contributed by atoms with E-state index in [0.29, 0.717) is 21.2 Å². The largest absolute Gasteiger partial charge is 0.461 e. The second kappa shape index (κ2) is 8.02. The number of esters is 1. The van der Waals surface area contributed by atoms with Gasteiger partial charge in [0.25, 0.3) is 7.37 Å². The highest BCUT2D eigenvalue weighted by Crippen LogP contribution is 2.48. The van der Waals surface area contributed by atoms with Crippen LogP contribution in [-0.2, 0) is 13.8 Å². The Morgan fingerprint density at radius 3 is 2.67 bits per heavy atom. The number of carbonyl (C=O) groups is 1. The van der Waals surface area contributed by atoms with E-state index in [9.17, 15) is 9.36 Å². The fraction of sp³-hybridized carbons (Fsp3) is 0.167. The minimum absolute atomic E-state index is 0.0580. The molecule has 0 amide bonds. The minimum Gasteiger partial charge on any atom is -0.461 e. The molecule has 0 aliphatic rings. The van der Waals surface area contributed by atoms with Gasteiger partial charge in [0.15, 0.2) is 5.69 Å². The van der Waals surface area contributed by atoms with Gasteiger partial charge in [-0.05, 0) is 43.3 Å². The van der Waals surface area contributed by atoms with Crippen LogP contribution >= 0.6 is 47.7 Å². The van der Waals surface area contributed by atoms with Gasteiger partial charge in [-0.1, -0.05) is 46.4 Å². The molecule has 0 spiro atoms. The first kappa shape index (κ1) is 20.5. The number of hydrogen-bond acceptors (Lipinski definition) is 5. The zero-order valence-corrected chi connectivity index (χ0v) is 18.6. The van der Waals surface area contributed by atoms with Gasteiger partial charge in [0.1, 0.15) is 0 Å². The van der Waals surface area contributed by atoms with Gasteiger partial charge in [-0.25, -0.2) is 4.79 Å². The fourth-order valence-electron chi connectivity index (χ4n) is 2.90. The monoisotopic (exact) mass is 487 g/mol. The first-order valence-electron chi connectivity index (χ1n) is 7.96. The summed E-state index contributed by atoms with van der Waals surface area (Å²) in [6.07, 6.45) is 0. The topological polar surface area (TPSA) is 57.5 Å². The highest BCUT2D eigenvalue weighted by molar-refractivity contribution is 9.10. The Kier molecular flexibility index (Phi) is 6.08. The van der Waals surface area contributed by atoms with E-state index in [1.54, 1.807) is 43.3 Å². The predicted molar refractivity (Wildman–Crippen MR) is 115 cm³/mol. The van der Waals surface area contributed by atoms with Crippen LogP contribution in [0.1, 0.15) is 17.4 Å². The number of ether oxygens (including phenoxy) is 1. The lowest BCUT2D eigenvalue weighted by Gasteiger charge is -2.18. The van der Waals surface area contributed by atoms with Crippen molar-refractivity contribution in [3.63, 3.8) is 0 Å². The summed E-state index contributed by atoms with van der Waals surface area (Å²) in [5.74, 6) is -0.637. The third kappa shape index (κ3) is 3.59. The van der Waals surface area contributed by atoms with Crippen LogP contribution < -0.4 is 10.6 Å². The summed E-state index contributed by atoms with van der Waals surface area (Å²) in [5.41, 5.74) is 0.635.